The smallest absolute Gasteiger partial charge is 0.0762 e. The monoisotopic (exact) mass is 328 g/mol. The van der Waals surface area contributed by atoms with Gasteiger partial charge in [0.15, 0.2) is 0 Å². The lowest BCUT2D eigenvalue weighted by atomic mass is 10.1. The first kappa shape index (κ1) is 16.5. The van der Waals surface area contributed by atoms with Crippen molar-refractivity contribution < 1.29 is 5.11 Å². The Morgan fingerprint density at radius 3 is 2.32 bits per heavy atom. The van der Waals surface area contributed by atoms with E-state index in [-0.39, 0.29) is 0 Å². The molecule has 1 aromatic carbocycles. The fourth-order valence-electron chi connectivity index (χ4n) is 2.36. The third-order valence-electron chi connectivity index (χ3n) is 3.27. The van der Waals surface area contributed by atoms with E-state index in [1.165, 1.54) is 5.69 Å². The number of hydrogen-bond acceptors (Lipinski definition) is 3. The molecule has 0 amide bonds. The topological polar surface area (TPSA) is 26.7 Å². The number of halogens is 1. The lowest BCUT2D eigenvalue weighted by molar-refractivity contribution is 0.199. The van der Waals surface area contributed by atoms with Gasteiger partial charge in [-0.25, -0.2) is 0 Å². The Balaban J connectivity index is 2.98. The van der Waals surface area contributed by atoms with Crippen molar-refractivity contribution in [2.75, 3.05) is 32.1 Å². The predicted molar refractivity (Wildman–Crippen MR) is 85.8 cm³/mol. The van der Waals surface area contributed by atoms with Gasteiger partial charge in [-0.3, -0.25) is 0 Å². The van der Waals surface area contributed by atoms with Crippen LogP contribution in [0.3, 0.4) is 0 Å². The first-order valence-electron chi connectivity index (χ1n) is 6.75. The molecule has 0 aliphatic heterocycles. The zero-order chi connectivity index (χ0) is 14.6. The number of anilines is 1. The molecule has 1 aromatic rings. The van der Waals surface area contributed by atoms with Gasteiger partial charge in [0.25, 0.3) is 0 Å². The molecule has 4 heteroatoms. The maximum absolute atomic E-state index is 9.62. The van der Waals surface area contributed by atoms with Gasteiger partial charge in [0, 0.05) is 23.6 Å². The zero-order valence-corrected chi connectivity index (χ0v) is 14.1. The second-order valence-corrected chi connectivity index (χ2v) is 6.14. The van der Waals surface area contributed by atoms with Crippen LogP contribution in [-0.4, -0.2) is 43.2 Å². The Hall–Kier alpha value is -0.580. The van der Waals surface area contributed by atoms with Crippen LogP contribution < -0.4 is 4.90 Å². The van der Waals surface area contributed by atoms with Crippen LogP contribution in [0.5, 0.6) is 0 Å². The quantitative estimate of drug-likeness (QED) is 0.868. The molecule has 0 aromatic heterocycles. The number of nitrogens with zero attached hydrogens (tertiary/aromatic N) is 2. The van der Waals surface area contributed by atoms with E-state index in [1.54, 1.807) is 6.92 Å². The fourth-order valence-corrected chi connectivity index (χ4v) is 2.99. The highest BCUT2D eigenvalue weighted by atomic mass is 79.9. The van der Waals surface area contributed by atoms with Gasteiger partial charge >= 0.3 is 0 Å². The first-order chi connectivity index (χ1) is 8.86. The molecule has 0 saturated carbocycles. The van der Waals surface area contributed by atoms with E-state index in [1.807, 2.05) is 12.1 Å². The zero-order valence-electron chi connectivity index (χ0n) is 12.5. The van der Waals surface area contributed by atoms with Crippen molar-refractivity contribution in [1.29, 1.82) is 0 Å². The van der Waals surface area contributed by atoms with E-state index >= 15 is 0 Å². The lowest BCUT2D eigenvalue weighted by Crippen LogP contribution is -2.40. The van der Waals surface area contributed by atoms with Crippen LogP contribution in [0.1, 0.15) is 32.4 Å². The molecule has 108 valence electrons. The van der Waals surface area contributed by atoms with Crippen molar-refractivity contribution in [2.24, 2.45) is 0 Å². The van der Waals surface area contributed by atoms with Crippen LogP contribution in [0, 0.1) is 0 Å². The van der Waals surface area contributed by atoms with Crippen molar-refractivity contribution in [2.45, 2.75) is 32.9 Å². The van der Waals surface area contributed by atoms with Crippen LogP contribution in [-0.2, 0) is 0 Å². The Bertz CT molecular complexity index is 407. The number of benzene rings is 1. The summed E-state index contributed by atoms with van der Waals surface area (Å²) >= 11 is 3.63. The molecule has 1 unspecified atom stereocenters. The van der Waals surface area contributed by atoms with Crippen LogP contribution in [0.25, 0.3) is 0 Å². The Kier molecular flexibility index (Phi) is 6.30. The number of aliphatic hydroxyl groups excluding tert-OH is 1. The van der Waals surface area contributed by atoms with Crippen molar-refractivity contribution in [3.8, 4) is 0 Å². The van der Waals surface area contributed by atoms with Crippen molar-refractivity contribution in [1.82, 2.24) is 4.90 Å². The van der Waals surface area contributed by atoms with Gasteiger partial charge in [-0.2, -0.15) is 0 Å². The normalized spacial score (nSPS) is 14.5. The highest BCUT2D eigenvalue weighted by molar-refractivity contribution is 9.10. The third kappa shape index (κ3) is 4.48. The van der Waals surface area contributed by atoms with Gasteiger partial charge < -0.3 is 14.9 Å². The minimum absolute atomic E-state index is 0.431. The van der Waals surface area contributed by atoms with Crippen molar-refractivity contribution >= 4 is 21.6 Å². The van der Waals surface area contributed by atoms with E-state index in [0.717, 1.165) is 23.1 Å². The summed E-state index contributed by atoms with van der Waals surface area (Å²) in [7, 11) is 4.19. The molecule has 0 radical (unpaired) electrons. The van der Waals surface area contributed by atoms with Gasteiger partial charge in [-0.05, 0) is 68.5 Å². The second-order valence-electron chi connectivity index (χ2n) is 5.28. The van der Waals surface area contributed by atoms with Gasteiger partial charge in [-0.1, -0.05) is 6.07 Å². The number of aliphatic hydroxyl groups is 1. The minimum Gasteiger partial charge on any atom is -0.389 e. The summed E-state index contributed by atoms with van der Waals surface area (Å²) in [6, 6.07) is 6.52. The molecule has 0 saturated heterocycles. The summed E-state index contributed by atoms with van der Waals surface area (Å²) in [4.78, 5) is 4.57. The summed E-state index contributed by atoms with van der Waals surface area (Å²) in [6.07, 6.45) is -0.431. The van der Waals surface area contributed by atoms with Gasteiger partial charge in [0.1, 0.15) is 0 Å². The van der Waals surface area contributed by atoms with Gasteiger partial charge in [0.2, 0.25) is 0 Å². The molecule has 0 aliphatic carbocycles. The molecule has 1 N–H and O–H groups in total. The summed E-state index contributed by atoms with van der Waals surface area (Å²) < 4.78 is 1.04. The van der Waals surface area contributed by atoms with E-state index in [9.17, 15) is 5.11 Å². The highest BCUT2D eigenvalue weighted by Crippen LogP contribution is 2.30. The maximum Gasteiger partial charge on any atom is 0.0762 e. The largest absolute Gasteiger partial charge is 0.389 e. The van der Waals surface area contributed by atoms with Crippen molar-refractivity contribution in [3.05, 3.63) is 28.2 Å². The van der Waals surface area contributed by atoms with Crippen LogP contribution in [0.4, 0.5) is 5.69 Å². The molecular weight excluding hydrogens is 304 g/mol. The fraction of sp³-hybridized carbons (Fsp3) is 0.600. The van der Waals surface area contributed by atoms with Crippen LogP contribution in [0.15, 0.2) is 22.7 Å². The SMILES string of the molecule is CCN(c1ccc([C@@H](C)O)cc1Br)C(C)CN(C)C. The Morgan fingerprint density at radius 2 is 1.89 bits per heavy atom. The maximum atomic E-state index is 9.62. The third-order valence-corrected chi connectivity index (χ3v) is 3.90. The predicted octanol–water partition coefficient (Wildman–Crippen LogP) is 3.28. The van der Waals surface area contributed by atoms with E-state index < -0.39 is 6.10 Å². The number of hydrogen-bond donors (Lipinski definition) is 1. The summed E-state index contributed by atoms with van der Waals surface area (Å²) in [5.74, 6) is 0. The van der Waals surface area contributed by atoms with Crippen molar-refractivity contribution in [3.63, 3.8) is 0 Å². The number of rotatable bonds is 6. The molecule has 1 rings (SSSR count). The van der Waals surface area contributed by atoms with E-state index in [0.29, 0.717) is 6.04 Å². The standard InChI is InChI=1S/C15H25BrN2O/c1-6-18(11(2)10-17(4)5)15-8-7-13(12(3)19)9-14(15)16/h7-9,11-12,19H,6,10H2,1-5H3/t11?,12-/m1/s1. The van der Waals surface area contributed by atoms with Gasteiger partial charge in [0.05, 0.1) is 11.8 Å². The first-order valence-corrected chi connectivity index (χ1v) is 7.55. The van der Waals surface area contributed by atoms with Crippen LogP contribution in [0.2, 0.25) is 0 Å². The molecule has 0 aliphatic rings. The lowest BCUT2D eigenvalue weighted by Gasteiger charge is -2.33. The molecule has 0 heterocycles. The minimum atomic E-state index is -0.431. The highest BCUT2D eigenvalue weighted by Gasteiger charge is 2.16. The summed E-state index contributed by atoms with van der Waals surface area (Å²) in [6.45, 7) is 8.16. The average molecular weight is 329 g/mol. The average Bonchev–Trinajstić information content (AvgIpc) is 2.30. The molecule has 0 fully saturated rings. The van der Waals surface area contributed by atoms with Crippen LogP contribution >= 0.6 is 15.9 Å². The molecule has 19 heavy (non-hydrogen) atoms. The molecule has 0 spiro atoms. The molecular formula is C15H25BrN2O. The van der Waals surface area contributed by atoms with E-state index in [2.05, 4.69) is 59.7 Å². The summed E-state index contributed by atoms with van der Waals surface area (Å²) in [5, 5.41) is 9.62. The Labute approximate surface area is 125 Å². The molecule has 2 atom stereocenters. The molecule has 3 nitrogen and oxygen atoms in total. The van der Waals surface area contributed by atoms with E-state index in [4.69, 9.17) is 0 Å². The van der Waals surface area contributed by atoms with Gasteiger partial charge in [-0.15, -0.1) is 0 Å². The Morgan fingerprint density at radius 1 is 1.26 bits per heavy atom. The molecule has 0 bridgehead atoms. The number of likely N-dealkylation sites (N-methyl/N-ethyl adjacent to an activating group) is 2. The second kappa shape index (κ2) is 7.27. The summed E-state index contributed by atoms with van der Waals surface area (Å²) in [5.41, 5.74) is 2.12.